The summed E-state index contributed by atoms with van der Waals surface area (Å²) in [6, 6.07) is 1.07. The zero-order valence-electron chi connectivity index (χ0n) is 9.37. The minimum atomic E-state index is -2.76. The molecule has 0 saturated carbocycles. The Morgan fingerprint density at radius 3 is 2.65 bits per heavy atom. The average Bonchev–Trinajstić information content (AvgIpc) is 2.30. The first-order valence-electron chi connectivity index (χ1n) is 4.67. The second-order valence-corrected chi connectivity index (χ2v) is 3.18. The van der Waals surface area contributed by atoms with E-state index in [2.05, 4.69) is 9.72 Å². The van der Waals surface area contributed by atoms with Gasteiger partial charge in [0.1, 0.15) is 5.69 Å². The number of hydrogen-bond donors (Lipinski definition) is 1. The van der Waals surface area contributed by atoms with E-state index in [1.165, 1.54) is 14.2 Å². The Bertz CT molecular complexity index is 424. The number of halogens is 2. The van der Waals surface area contributed by atoms with Crippen LogP contribution in [0.5, 0.6) is 5.88 Å². The minimum absolute atomic E-state index is 0.123. The van der Waals surface area contributed by atoms with Gasteiger partial charge in [0, 0.05) is 5.56 Å². The minimum Gasteiger partial charge on any atom is -0.480 e. The predicted molar refractivity (Wildman–Crippen MR) is 55.9 cm³/mol. The summed E-state index contributed by atoms with van der Waals surface area (Å²) < 4.78 is 34.5. The number of esters is 1. The standard InChI is InChI=1S/C10H12F2N2O3/c1-16-7(15)4-5-3-6(9(11)12)8(13)10(14-5)17-2/h3,9H,4,13H2,1-2H3. The number of anilines is 1. The highest BCUT2D eigenvalue weighted by molar-refractivity contribution is 5.72. The summed E-state index contributed by atoms with van der Waals surface area (Å²) in [6.45, 7) is 0. The lowest BCUT2D eigenvalue weighted by Crippen LogP contribution is -2.09. The number of pyridine rings is 1. The van der Waals surface area contributed by atoms with E-state index in [1.807, 2.05) is 0 Å². The molecule has 0 bridgehead atoms. The SMILES string of the molecule is COC(=O)Cc1cc(C(F)F)c(N)c(OC)n1. The number of hydrogen-bond acceptors (Lipinski definition) is 5. The molecule has 0 aliphatic carbocycles. The van der Waals surface area contributed by atoms with Crippen molar-refractivity contribution >= 4 is 11.7 Å². The summed E-state index contributed by atoms with van der Waals surface area (Å²) in [7, 11) is 2.46. The summed E-state index contributed by atoms with van der Waals surface area (Å²) in [5.41, 5.74) is 4.93. The zero-order valence-corrected chi connectivity index (χ0v) is 9.37. The fraction of sp³-hybridized carbons (Fsp3) is 0.400. The summed E-state index contributed by atoms with van der Waals surface area (Å²) >= 11 is 0. The molecular weight excluding hydrogens is 234 g/mol. The van der Waals surface area contributed by atoms with Crippen molar-refractivity contribution in [3.8, 4) is 5.88 Å². The molecule has 1 heterocycles. The predicted octanol–water partition coefficient (Wildman–Crippen LogP) is 1.33. The highest BCUT2D eigenvalue weighted by atomic mass is 19.3. The molecule has 0 saturated heterocycles. The van der Waals surface area contributed by atoms with Crippen molar-refractivity contribution in [1.29, 1.82) is 0 Å². The van der Waals surface area contributed by atoms with Gasteiger partial charge in [-0.05, 0) is 6.07 Å². The highest BCUT2D eigenvalue weighted by Gasteiger charge is 2.19. The van der Waals surface area contributed by atoms with Crippen LogP contribution in [0.25, 0.3) is 0 Å². The first-order chi connectivity index (χ1) is 7.99. The first-order valence-corrected chi connectivity index (χ1v) is 4.67. The molecule has 0 aromatic carbocycles. The lowest BCUT2D eigenvalue weighted by atomic mass is 10.1. The zero-order chi connectivity index (χ0) is 13.0. The van der Waals surface area contributed by atoms with E-state index in [1.54, 1.807) is 0 Å². The summed E-state index contributed by atoms with van der Waals surface area (Å²) in [4.78, 5) is 14.9. The van der Waals surface area contributed by atoms with Crippen LogP contribution in [0.15, 0.2) is 6.07 Å². The number of nitrogens with two attached hydrogens (primary N) is 1. The molecule has 0 fully saturated rings. The molecule has 0 spiro atoms. The van der Waals surface area contributed by atoms with Crippen LogP contribution in [-0.2, 0) is 16.0 Å². The largest absolute Gasteiger partial charge is 0.480 e. The smallest absolute Gasteiger partial charge is 0.311 e. The van der Waals surface area contributed by atoms with Crippen molar-refractivity contribution in [1.82, 2.24) is 4.98 Å². The molecule has 94 valence electrons. The van der Waals surface area contributed by atoms with Gasteiger partial charge in [0.25, 0.3) is 6.43 Å². The van der Waals surface area contributed by atoms with Crippen LogP contribution in [0.1, 0.15) is 17.7 Å². The summed E-state index contributed by atoms with van der Waals surface area (Å²) in [5, 5.41) is 0. The molecule has 0 aliphatic rings. The molecule has 5 nitrogen and oxygen atoms in total. The topological polar surface area (TPSA) is 74.4 Å². The van der Waals surface area contributed by atoms with E-state index in [0.29, 0.717) is 0 Å². The van der Waals surface area contributed by atoms with Gasteiger partial charge in [0.05, 0.1) is 26.3 Å². The molecule has 0 aliphatic heterocycles. The Balaban J connectivity index is 3.15. The number of ether oxygens (including phenoxy) is 2. The number of alkyl halides is 2. The van der Waals surface area contributed by atoms with E-state index in [9.17, 15) is 13.6 Å². The van der Waals surface area contributed by atoms with Gasteiger partial charge in [0.15, 0.2) is 0 Å². The molecule has 1 aromatic rings. The van der Waals surface area contributed by atoms with Crippen molar-refractivity contribution < 1.29 is 23.0 Å². The van der Waals surface area contributed by atoms with Gasteiger partial charge in [-0.3, -0.25) is 4.79 Å². The quantitative estimate of drug-likeness (QED) is 0.811. The Morgan fingerprint density at radius 1 is 1.53 bits per heavy atom. The third kappa shape index (κ3) is 3.02. The molecule has 0 atom stereocenters. The maximum Gasteiger partial charge on any atom is 0.311 e. The molecule has 7 heteroatoms. The molecule has 0 unspecified atom stereocenters. The molecule has 0 radical (unpaired) electrons. The Morgan fingerprint density at radius 2 is 2.18 bits per heavy atom. The third-order valence-corrected chi connectivity index (χ3v) is 2.09. The maximum atomic E-state index is 12.7. The molecule has 2 N–H and O–H groups in total. The monoisotopic (exact) mass is 246 g/mol. The second kappa shape index (κ2) is 5.42. The lowest BCUT2D eigenvalue weighted by Gasteiger charge is -2.11. The van der Waals surface area contributed by atoms with Gasteiger partial charge in [0.2, 0.25) is 5.88 Å². The van der Waals surface area contributed by atoms with E-state index in [-0.39, 0.29) is 23.7 Å². The van der Waals surface area contributed by atoms with Crippen LogP contribution in [0.2, 0.25) is 0 Å². The summed E-state index contributed by atoms with van der Waals surface area (Å²) in [6.07, 6.45) is -2.98. The van der Waals surface area contributed by atoms with Gasteiger partial charge >= 0.3 is 5.97 Å². The number of carbonyl (C=O) groups is 1. The van der Waals surface area contributed by atoms with Gasteiger partial charge in [-0.1, -0.05) is 0 Å². The Labute approximate surface area is 96.5 Å². The van der Waals surface area contributed by atoms with E-state index in [4.69, 9.17) is 10.5 Å². The number of aromatic nitrogens is 1. The first kappa shape index (κ1) is 13.1. The van der Waals surface area contributed by atoms with Crippen LogP contribution < -0.4 is 10.5 Å². The number of rotatable bonds is 4. The van der Waals surface area contributed by atoms with Crippen molar-refractivity contribution in [2.24, 2.45) is 0 Å². The normalized spacial score (nSPS) is 10.4. The van der Waals surface area contributed by atoms with Crippen LogP contribution >= 0.6 is 0 Å². The van der Waals surface area contributed by atoms with Gasteiger partial charge in [-0.25, -0.2) is 13.8 Å². The fourth-order valence-electron chi connectivity index (χ4n) is 1.25. The molecule has 0 amide bonds. The van der Waals surface area contributed by atoms with Crippen molar-refractivity contribution in [2.45, 2.75) is 12.8 Å². The summed E-state index contributed by atoms with van der Waals surface area (Å²) in [5.74, 6) is -0.703. The molecule has 1 aromatic heterocycles. The van der Waals surface area contributed by atoms with Gasteiger partial charge in [-0.15, -0.1) is 0 Å². The van der Waals surface area contributed by atoms with Crippen LogP contribution in [-0.4, -0.2) is 25.2 Å². The van der Waals surface area contributed by atoms with Crippen molar-refractivity contribution in [3.05, 3.63) is 17.3 Å². The number of nitrogens with zero attached hydrogens (tertiary/aromatic N) is 1. The van der Waals surface area contributed by atoms with E-state index < -0.39 is 18.0 Å². The van der Waals surface area contributed by atoms with Crippen LogP contribution in [0, 0.1) is 0 Å². The lowest BCUT2D eigenvalue weighted by molar-refractivity contribution is -0.139. The second-order valence-electron chi connectivity index (χ2n) is 3.18. The molecule has 17 heavy (non-hydrogen) atoms. The van der Waals surface area contributed by atoms with Crippen molar-refractivity contribution in [2.75, 3.05) is 20.0 Å². The average molecular weight is 246 g/mol. The Kier molecular flexibility index (Phi) is 4.19. The van der Waals surface area contributed by atoms with E-state index in [0.717, 1.165) is 6.07 Å². The maximum absolute atomic E-state index is 12.7. The number of methoxy groups -OCH3 is 2. The third-order valence-electron chi connectivity index (χ3n) is 2.09. The van der Waals surface area contributed by atoms with Gasteiger partial charge < -0.3 is 15.2 Å². The number of nitrogen functional groups attached to an aromatic ring is 1. The number of carbonyl (C=O) groups excluding carboxylic acids is 1. The Hall–Kier alpha value is -1.92. The van der Waals surface area contributed by atoms with E-state index >= 15 is 0 Å². The van der Waals surface area contributed by atoms with Gasteiger partial charge in [-0.2, -0.15) is 0 Å². The molecular formula is C10H12F2N2O3. The van der Waals surface area contributed by atoms with Crippen LogP contribution in [0.4, 0.5) is 14.5 Å². The van der Waals surface area contributed by atoms with Crippen molar-refractivity contribution in [3.63, 3.8) is 0 Å². The fourth-order valence-corrected chi connectivity index (χ4v) is 1.25. The highest BCUT2D eigenvalue weighted by Crippen LogP contribution is 2.31. The molecule has 1 rings (SSSR count). The van der Waals surface area contributed by atoms with Crippen LogP contribution in [0.3, 0.4) is 0 Å².